The van der Waals surface area contributed by atoms with Crippen LogP contribution in [0, 0.1) is 6.92 Å². The maximum absolute atomic E-state index is 12.1. The first-order valence-corrected chi connectivity index (χ1v) is 8.06. The number of thiophene rings is 1. The zero-order valence-corrected chi connectivity index (χ0v) is 13.6. The Morgan fingerprint density at radius 3 is 2.57 bits per heavy atom. The molecule has 1 rings (SSSR count). The van der Waals surface area contributed by atoms with Crippen molar-refractivity contribution in [2.45, 2.75) is 46.5 Å². The molecule has 1 aromatic rings. The molecule has 0 radical (unpaired) electrons. The molecule has 0 atom stereocenters. The Bertz CT molecular complexity index is 496. The van der Waals surface area contributed by atoms with Crippen LogP contribution in [0.15, 0.2) is 0 Å². The molecule has 0 fully saturated rings. The van der Waals surface area contributed by atoms with E-state index in [-0.39, 0.29) is 18.5 Å². The summed E-state index contributed by atoms with van der Waals surface area (Å²) in [5.41, 5.74) is 1.42. The summed E-state index contributed by atoms with van der Waals surface area (Å²) in [5.74, 6) is -0.526. The normalized spacial score (nSPS) is 10.5. The van der Waals surface area contributed by atoms with Gasteiger partial charge in [0.25, 0.3) is 0 Å². The zero-order chi connectivity index (χ0) is 15.8. The van der Waals surface area contributed by atoms with Gasteiger partial charge in [-0.25, -0.2) is 4.79 Å². The van der Waals surface area contributed by atoms with Gasteiger partial charge in [-0.3, -0.25) is 4.79 Å². The van der Waals surface area contributed by atoms with Crippen molar-refractivity contribution in [1.29, 1.82) is 0 Å². The molecular formula is C15H23NO4S. The lowest BCUT2D eigenvalue weighted by atomic mass is 10.1. The van der Waals surface area contributed by atoms with E-state index >= 15 is 0 Å². The highest BCUT2D eigenvalue weighted by atomic mass is 32.1. The minimum atomic E-state index is -0.385. The van der Waals surface area contributed by atoms with Gasteiger partial charge in [-0.05, 0) is 38.7 Å². The van der Waals surface area contributed by atoms with Crippen molar-refractivity contribution in [3.8, 4) is 0 Å². The smallest absolute Gasteiger partial charge is 0.341 e. The van der Waals surface area contributed by atoms with E-state index in [0.29, 0.717) is 36.4 Å². The van der Waals surface area contributed by atoms with Crippen LogP contribution in [0.4, 0.5) is 5.00 Å². The third-order valence-corrected chi connectivity index (χ3v) is 4.17. The van der Waals surface area contributed by atoms with E-state index in [1.807, 2.05) is 13.8 Å². The molecule has 0 aromatic carbocycles. The van der Waals surface area contributed by atoms with Crippen LogP contribution in [-0.4, -0.2) is 30.2 Å². The summed E-state index contributed by atoms with van der Waals surface area (Å²) in [6.07, 6.45) is 2.28. The number of carbonyl (C=O) groups excluding carboxylic acids is 2. The van der Waals surface area contributed by atoms with Crippen molar-refractivity contribution in [1.82, 2.24) is 0 Å². The fourth-order valence-electron chi connectivity index (χ4n) is 2.10. The Morgan fingerprint density at radius 2 is 2.00 bits per heavy atom. The molecule has 0 aliphatic heterocycles. The van der Waals surface area contributed by atoms with Crippen LogP contribution in [0.25, 0.3) is 0 Å². The van der Waals surface area contributed by atoms with E-state index in [0.717, 1.165) is 16.9 Å². The molecule has 1 heterocycles. The Balaban J connectivity index is 2.90. The number of hydrogen-bond donors (Lipinski definition) is 2. The van der Waals surface area contributed by atoms with E-state index in [9.17, 15) is 9.59 Å². The summed E-state index contributed by atoms with van der Waals surface area (Å²) in [6.45, 7) is 6.06. The molecular weight excluding hydrogens is 290 g/mol. The Labute approximate surface area is 129 Å². The summed E-state index contributed by atoms with van der Waals surface area (Å²) in [4.78, 5) is 25.0. The van der Waals surface area contributed by atoms with Gasteiger partial charge in [0.05, 0.1) is 12.2 Å². The van der Waals surface area contributed by atoms with Crippen molar-refractivity contribution in [3.05, 3.63) is 16.0 Å². The Morgan fingerprint density at radius 1 is 1.29 bits per heavy atom. The largest absolute Gasteiger partial charge is 0.462 e. The van der Waals surface area contributed by atoms with Gasteiger partial charge < -0.3 is 15.2 Å². The Hall–Kier alpha value is -1.40. The van der Waals surface area contributed by atoms with Crippen LogP contribution in [-0.2, 0) is 16.0 Å². The lowest BCUT2D eigenvalue weighted by molar-refractivity contribution is -0.116. The average molecular weight is 313 g/mol. The number of unbranched alkanes of at least 4 members (excludes halogenated alkanes) is 1. The lowest BCUT2D eigenvalue weighted by Gasteiger charge is -2.07. The van der Waals surface area contributed by atoms with Crippen molar-refractivity contribution >= 4 is 28.2 Å². The molecule has 1 amide bonds. The molecule has 0 aliphatic carbocycles. The van der Waals surface area contributed by atoms with Crippen LogP contribution in [0.3, 0.4) is 0 Å². The third-order valence-electron chi connectivity index (χ3n) is 3.11. The lowest BCUT2D eigenvalue weighted by Crippen LogP contribution is -2.15. The molecule has 0 saturated carbocycles. The summed E-state index contributed by atoms with van der Waals surface area (Å²) in [7, 11) is 0. The molecule has 0 saturated heterocycles. The number of amides is 1. The number of ether oxygens (including phenoxy) is 1. The second-order valence-corrected chi connectivity index (χ2v) is 5.87. The van der Waals surface area contributed by atoms with Gasteiger partial charge in [-0.15, -0.1) is 11.3 Å². The molecule has 0 aliphatic rings. The van der Waals surface area contributed by atoms with E-state index in [2.05, 4.69) is 5.32 Å². The first-order valence-electron chi connectivity index (χ1n) is 7.25. The number of aryl methyl sites for hydroxylation is 1. The number of anilines is 1. The van der Waals surface area contributed by atoms with Crippen LogP contribution in [0.1, 0.15) is 53.9 Å². The minimum Gasteiger partial charge on any atom is -0.462 e. The molecule has 0 unspecified atom stereocenters. The molecule has 0 bridgehead atoms. The van der Waals surface area contributed by atoms with Crippen LogP contribution in [0.2, 0.25) is 0 Å². The van der Waals surface area contributed by atoms with Gasteiger partial charge in [0.15, 0.2) is 0 Å². The predicted octanol–water partition coefficient (Wildman–Crippen LogP) is 2.90. The fraction of sp³-hybridized carbons (Fsp3) is 0.600. The number of aliphatic hydroxyl groups is 1. The van der Waals surface area contributed by atoms with Gasteiger partial charge in [-0.2, -0.15) is 0 Å². The summed E-state index contributed by atoms with van der Waals surface area (Å²) < 4.78 is 5.09. The van der Waals surface area contributed by atoms with Crippen molar-refractivity contribution in [2.24, 2.45) is 0 Å². The minimum absolute atomic E-state index is 0.0828. The van der Waals surface area contributed by atoms with E-state index < -0.39 is 0 Å². The highest BCUT2D eigenvalue weighted by molar-refractivity contribution is 7.16. The number of rotatable bonds is 8. The van der Waals surface area contributed by atoms with Gasteiger partial charge in [0, 0.05) is 17.9 Å². The monoisotopic (exact) mass is 313 g/mol. The van der Waals surface area contributed by atoms with Crippen molar-refractivity contribution in [3.63, 3.8) is 0 Å². The number of nitrogens with one attached hydrogen (secondary N) is 1. The van der Waals surface area contributed by atoms with E-state index in [1.54, 1.807) is 6.92 Å². The number of carbonyl (C=O) groups is 2. The predicted molar refractivity (Wildman–Crippen MR) is 84.0 cm³/mol. The molecule has 0 spiro atoms. The van der Waals surface area contributed by atoms with Crippen LogP contribution >= 0.6 is 11.3 Å². The number of aliphatic hydroxyl groups excluding tert-OH is 1. The standard InChI is InChI=1S/C15H23NO4S/c1-4-11-10(3)21-14(13(11)15(19)20-5-2)16-12(18)8-6-7-9-17/h17H,4-9H2,1-3H3,(H,16,18). The highest BCUT2D eigenvalue weighted by Crippen LogP contribution is 2.34. The second-order valence-electron chi connectivity index (χ2n) is 4.64. The molecule has 2 N–H and O–H groups in total. The van der Waals surface area contributed by atoms with Gasteiger partial charge >= 0.3 is 5.97 Å². The number of hydrogen-bond acceptors (Lipinski definition) is 5. The maximum Gasteiger partial charge on any atom is 0.341 e. The van der Waals surface area contributed by atoms with Gasteiger partial charge in [0.2, 0.25) is 5.91 Å². The maximum atomic E-state index is 12.1. The number of esters is 1. The topological polar surface area (TPSA) is 75.6 Å². The van der Waals surface area contributed by atoms with Crippen LogP contribution < -0.4 is 5.32 Å². The Kier molecular flexibility index (Phi) is 7.39. The SMILES string of the molecule is CCOC(=O)c1c(NC(=O)CCCCO)sc(C)c1CC. The highest BCUT2D eigenvalue weighted by Gasteiger charge is 2.23. The molecule has 21 heavy (non-hydrogen) atoms. The quantitative estimate of drug-likeness (QED) is 0.571. The molecule has 1 aromatic heterocycles. The summed E-state index contributed by atoms with van der Waals surface area (Å²) in [5, 5.41) is 12.1. The molecule has 118 valence electrons. The van der Waals surface area contributed by atoms with E-state index in [4.69, 9.17) is 9.84 Å². The summed E-state index contributed by atoms with van der Waals surface area (Å²) in [6, 6.07) is 0. The molecule has 6 heteroatoms. The fourth-order valence-corrected chi connectivity index (χ4v) is 3.25. The van der Waals surface area contributed by atoms with E-state index in [1.165, 1.54) is 11.3 Å². The third kappa shape index (κ3) is 4.82. The second kappa shape index (κ2) is 8.79. The van der Waals surface area contributed by atoms with Crippen molar-refractivity contribution in [2.75, 3.05) is 18.5 Å². The van der Waals surface area contributed by atoms with Crippen LogP contribution in [0.5, 0.6) is 0 Å². The summed E-state index contributed by atoms with van der Waals surface area (Å²) >= 11 is 1.41. The first-order chi connectivity index (χ1) is 10.0. The molecule has 5 nitrogen and oxygen atoms in total. The first kappa shape index (κ1) is 17.7. The van der Waals surface area contributed by atoms with Gasteiger partial charge in [0.1, 0.15) is 5.00 Å². The van der Waals surface area contributed by atoms with Gasteiger partial charge in [-0.1, -0.05) is 6.92 Å². The average Bonchev–Trinajstić information content (AvgIpc) is 2.74. The van der Waals surface area contributed by atoms with Crippen molar-refractivity contribution < 1.29 is 19.4 Å². The zero-order valence-electron chi connectivity index (χ0n) is 12.8.